The van der Waals surface area contributed by atoms with Crippen LogP contribution < -0.4 is 0 Å². The molecule has 0 spiro atoms. The highest BCUT2D eigenvalue weighted by atomic mass is 16.5. The summed E-state index contributed by atoms with van der Waals surface area (Å²) in [6.07, 6.45) is 2.51. The normalized spacial score (nSPS) is 21.7. The van der Waals surface area contributed by atoms with Crippen LogP contribution in [0, 0.1) is 19.8 Å². The molecule has 14 heavy (non-hydrogen) atoms. The topological polar surface area (TPSA) is 14.2 Å². The van der Waals surface area contributed by atoms with Crippen LogP contribution in [0.25, 0.3) is 0 Å². The van der Waals surface area contributed by atoms with E-state index in [4.69, 9.17) is 4.74 Å². The highest BCUT2D eigenvalue weighted by Gasteiger charge is 2.15. The van der Waals surface area contributed by atoms with Crippen molar-refractivity contribution < 1.29 is 4.74 Å². The average molecular weight is 193 g/mol. The summed E-state index contributed by atoms with van der Waals surface area (Å²) in [7, 11) is 0. The molecule has 0 bridgehead atoms. The Morgan fingerprint density at radius 1 is 1.36 bits per heavy atom. The maximum Gasteiger partial charge on any atom is 0.0495 e. The molecule has 0 aliphatic carbocycles. The Morgan fingerprint density at radius 3 is 2.64 bits per heavy atom. The summed E-state index contributed by atoms with van der Waals surface area (Å²) in [6, 6.07) is 4.39. The van der Waals surface area contributed by atoms with E-state index < -0.39 is 0 Å². The maximum absolute atomic E-state index is 5.38. The Bertz CT molecular complexity index is 278. The number of aromatic nitrogens is 1. The van der Waals surface area contributed by atoms with Gasteiger partial charge in [0.2, 0.25) is 0 Å². The number of aryl methyl sites for hydroxylation is 2. The average Bonchev–Trinajstić information content (AvgIpc) is 2.76. The van der Waals surface area contributed by atoms with Crippen LogP contribution in [0.4, 0.5) is 0 Å². The molecule has 1 fully saturated rings. The fourth-order valence-corrected chi connectivity index (χ4v) is 2.17. The molecule has 0 amide bonds. The number of rotatable bonds is 3. The molecular weight excluding hydrogens is 174 g/mol. The van der Waals surface area contributed by atoms with E-state index in [1.165, 1.54) is 24.2 Å². The van der Waals surface area contributed by atoms with Crippen molar-refractivity contribution >= 4 is 0 Å². The number of nitrogens with zero attached hydrogens (tertiary/aromatic N) is 1. The van der Waals surface area contributed by atoms with E-state index in [1.54, 1.807) is 0 Å². The summed E-state index contributed by atoms with van der Waals surface area (Å²) in [5, 5.41) is 0. The Balaban J connectivity index is 1.90. The third kappa shape index (κ3) is 2.01. The van der Waals surface area contributed by atoms with Gasteiger partial charge in [0.25, 0.3) is 0 Å². The number of hydrogen-bond donors (Lipinski definition) is 0. The second-order valence-electron chi connectivity index (χ2n) is 4.29. The van der Waals surface area contributed by atoms with E-state index in [-0.39, 0.29) is 0 Å². The fourth-order valence-electron chi connectivity index (χ4n) is 2.17. The van der Waals surface area contributed by atoms with Crippen LogP contribution in [-0.4, -0.2) is 17.8 Å². The van der Waals surface area contributed by atoms with Gasteiger partial charge < -0.3 is 9.30 Å². The molecule has 78 valence electrons. The van der Waals surface area contributed by atoms with Gasteiger partial charge in [-0.25, -0.2) is 0 Å². The molecule has 1 saturated heterocycles. The lowest BCUT2D eigenvalue weighted by Crippen LogP contribution is -2.08. The van der Waals surface area contributed by atoms with E-state index in [0.29, 0.717) is 0 Å². The lowest BCUT2D eigenvalue weighted by molar-refractivity contribution is 0.183. The summed E-state index contributed by atoms with van der Waals surface area (Å²) < 4.78 is 7.78. The lowest BCUT2D eigenvalue weighted by Gasteiger charge is -2.12. The number of ether oxygens (including phenoxy) is 1. The molecule has 1 aromatic heterocycles. The third-order valence-corrected chi connectivity index (χ3v) is 3.20. The Labute approximate surface area is 85.9 Å². The first-order valence-electron chi connectivity index (χ1n) is 5.48. The first kappa shape index (κ1) is 9.78. The molecule has 2 heteroatoms. The summed E-state index contributed by atoms with van der Waals surface area (Å²) in [5.74, 6) is 0.788. The zero-order chi connectivity index (χ0) is 9.97. The largest absolute Gasteiger partial charge is 0.381 e. The molecule has 1 unspecified atom stereocenters. The lowest BCUT2D eigenvalue weighted by atomic mass is 10.1. The van der Waals surface area contributed by atoms with Crippen LogP contribution in [0.3, 0.4) is 0 Å². The van der Waals surface area contributed by atoms with E-state index in [9.17, 15) is 0 Å². The van der Waals surface area contributed by atoms with Gasteiger partial charge in [0, 0.05) is 31.1 Å². The Kier molecular flexibility index (Phi) is 2.92. The molecule has 0 radical (unpaired) electrons. The molecule has 2 rings (SSSR count). The highest BCUT2D eigenvalue weighted by molar-refractivity contribution is 5.13. The van der Waals surface area contributed by atoms with Gasteiger partial charge in [0.15, 0.2) is 0 Å². The standard InChI is InChI=1S/C12H19NO/c1-10-3-4-11(2)13(10)7-5-12-6-8-14-9-12/h3-4,12H,5-9H2,1-2H3. The minimum Gasteiger partial charge on any atom is -0.381 e. The molecule has 1 aliphatic rings. The van der Waals surface area contributed by atoms with E-state index in [2.05, 4.69) is 30.5 Å². The second-order valence-corrected chi connectivity index (χ2v) is 4.29. The van der Waals surface area contributed by atoms with Gasteiger partial charge in [0.1, 0.15) is 0 Å². The van der Waals surface area contributed by atoms with Crippen molar-refractivity contribution in [2.75, 3.05) is 13.2 Å². The van der Waals surface area contributed by atoms with Gasteiger partial charge >= 0.3 is 0 Å². The van der Waals surface area contributed by atoms with Gasteiger partial charge in [-0.2, -0.15) is 0 Å². The highest BCUT2D eigenvalue weighted by Crippen LogP contribution is 2.18. The fraction of sp³-hybridized carbons (Fsp3) is 0.667. The molecule has 2 nitrogen and oxygen atoms in total. The van der Waals surface area contributed by atoms with Crippen molar-refractivity contribution in [3.8, 4) is 0 Å². The molecule has 0 aromatic carbocycles. The van der Waals surface area contributed by atoms with Gasteiger partial charge in [0.05, 0.1) is 0 Å². The van der Waals surface area contributed by atoms with Gasteiger partial charge in [-0.05, 0) is 44.7 Å². The maximum atomic E-state index is 5.38. The third-order valence-electron chi connectivity index (χ3n) is 3.20. The quantitative estimate of drug-likeness (QED) is 0.719. The Hall–Kier alpha value is -0.760. The van der Waals surface area contributed by atoms with Gasteiger partial charge in [-0.3, -0.25) is 0 Å². The van der Waals surface area contributed by atoms with Crippen molar-refractivity contribution in [3.63, 3.8) is 0 Å². The molecule has 1 atom stereocenters. The minimum absolute atomic E-state index is 0.788. The summed E-state index contributed by atoms with van der Waals surface area (Å²) >= 11 is 0. The van der Waals surface area contributed by atoms with Crippen molar-refractivity contribution in [1.82, 2.24) is 4.57 Å². The zero-order valence-corrected chi connectivity index (χ0v) is 9.12. The van der Waals surface area contributed by atoms with E-state index in [1.807, 2.05) is 0 Å². The monoisotopic (exact) mass is 193 g/mol. The SMILES string of the molecule is Cc1ccc(C)n1CCC1CCOC1. The summed E-state index contributed by atoms with van der Waals surface area (Å²) in [4.78, 5) is 0. The van der Waals surface area contributed by atoms with Crippen molar-refractivity contribution in [1.29, 1.82) is 0 Å². The molecule has 2 heterocycles. The van der Waals surface area contributed by atoms with Gasteiger partial charge in [-0.1, -0.05) is 0 Å². The smallest absolute Gasteiger partial charge is 0.0495 e. The predicted molar refractivity (Wildman–Crippen MR) is 57.4 cm³/mol. The molecular formula is C12H19NO. The zero-order valence-electron chi connectivity index (χ0n) is 9.12. The second kappa shape index (κ2) is 4.18. The van der Waals surface area contributed by atoms with Crippen LogP contribution in [0.5, 0.6) is 0 Å². The van der Waals surface area contributed by atoms with Crippen LogP contribution in [-0.2, 0) is 11.3 Å². The molecule has 0 N–H and O–H groups in total. The van der Waals surface area contributed by atoms with Crippen LogP contribution in [0.1, 0.15) is 24.2 Å². The van der Waals surface area contributed by atoms with Crippen molar-refractivity contribution in [2.45, 2.75) is 33.2 Å². The summed E-state index contributed by atoms with van der Waals surface area (Å²) in [5.41, 5.74) is 2.75. The van der Waals surface area contributed by atoms with E-state index >= 15 is 0 Å². The van der Waals surface area contributed by atoms with Crippen molar-refractivity contribution in [3.05, 3.63) is 23.5 Å². The number of hydrogen-bond acceptors (Lipinski definition) is 1. The summed E-state index contributed by atoms with van der Waals surface area (Å²) in [6.45, 7) is 7.45. The van der Waals surface area contributed by atoms with Crippen molar-refractivity contribution in [2.24, 2.45) is 5.92 Å². The minimum atomic E-state index is 0.788. The first-order valence-corrected chi connectivity index (χ1v) is 5.48. The predicted octanol–water partition coefficient (Wildman–Crippen LogP) is 2.53. The van der Waals surface area contributed by atoms with Crippen LogP contribution >= 0.6 is 0 Å². The van der Waals surface area contributed by atoms with Gasteiger partial charge in [-0.15, -0.1) is 0 Å². The molecule has 0 saturated carbocycles. The Morgan fingerprint density at radius 2 is 2.07 bits per heavy atom. The van der Waals surface area contributed by atoms with Crippen LogP contribution in [0.2, 0.25) is 0 Å². The van der Waals surface area contributed by atoms with Crippen LogP contribution in [0.15, 0.2) is 12.1 Å². The van der Waals surface area contributed by atoms with E-state index in [0.717, 1.165) is 25.7 Å². The molecule has 1 aliphatic heterocycles. The first-order chi connectivity index (χ1) is 6.77. The molecule has 1 aromatic rings.